The number of nitrogens with two attached hydrogens (primary N) is 1. The molecule has 1 heterocycles. The maximum atomic E-state index is 11.4. The summed E-state index contributed by atoms with van der Waals surface area (Å²) in [6, 6.07) is 10.6. The Morgan fingerprint density at radius 1 is 1.29 bits per heavy atom. The molecule has 1 atom stereocenters. The number of hydrogen-bond acceptors (Lipinski definition) is 3. The molecule has 0 bridgehead atoms. The molecular weight excluding hydrogens is 356 g/mol. The molecule has 2 aromatic carbocycles. The van der Waals surface area contributed by atoms with Gasteiger partial charge in [-0.15, -0.1) is 0 Å². The largest absolute Gasteiger partial charge is 0.482 e. The van der Waals surface area contributed by atoms with Gasteiger partial charge in [0.15, 0.2) is 6.61 Å². The number of amides is 1. The topological polar surface area (TPSA) is 64.3 Å². The molecule has 4 nitrogen and oxygen atoms in total. The molecule has 2 aromatic rings. The van der Waals surface area contributed by atoms with Crippen molar-refractivity contribution in [1.82, 2.24) is 0 Å². The highest BCUT2D eigenvalue weighted by atomic mass is 79.9. The van der Waals surface area contributed by atoms with Crippen molar-refractivity contribution in [3.8, 4) is 5.75 Å². The summed E-state index contributed by atoms with van der Waals surface area (Å²) in [6.07, 6.45) is 0. The van der Waals surface area contributed by atoms with Gasteiger partial charge in [0.2, 0.25) is 0 Å². The lowest BCUT2D eigenvalue weighted by molar-refractivity contribution is -0.118. The van der Waals surface area contributed by atoms with Crippen LogP contribution < -0.4 is 15.8 Å². The molecule has 1 unspecified atom stereocenters. The molecule has 0 radical (unpaired) electrons. The molecule has 0 spiro atoms. The molecule has 6 heteroatoms. The summed E-state index contributed by atoms with van der Waals surface area (Å²) in [6.45, 7) is 0.0399. The lowest BCUT2D eigenvalue weighted by Gasteiger charge is -2.21. The van der Waals surface area contributed by atoms with Crippen LogP contribution >= 0.6 is 27.5 Å². The molecule has 0 fully saturated rings. The molecule has 0 aromatic heterocycles. The van der Waals surface area contributed by atoms with Crippen molar-refractivity contribution >= 4 is 39.1 Å². The first-order valence-corrected chi connectivity index (χ1v) is 7.49. The number of carbonyl (C=O) groups excluding carboxylic acids is 1. The van der Waals surface area contributed by atoms with E-state index in [2.05, 4.69) is 21.2 Å². The van der Waals surface area contributed by atoms with Gasteiger partial charge in [-0.1, -0.05) is 33.6 Å². The number of nitrogens with one attached hydrogen (secondary N) is 1. The molecule has 3 rings (SSSR count). The minimum Gasteiger partial charge on any atom is -0.482 e. The molecular formula is C15H12BrClN2O2. The van der Waals surface area contributed by atoms with E-state index in [9.17, 15) is 4.79 Å². The molecule has 0 saturated carbocycles. The first-order chi connectivity index (χ1) is 10.0. The zero-order valence-electron chi connectivity index (χ0n) is 10.9. The van der Waals surface area contributed by atoms with Gasteiger partial charge in [0, 0.05) is 9.50 Å². The van der Waals surface area contributed by atoms with Gasteiger partial charge in [0.05, 0.1) is 11.7 Å². The second kappa shape index (κ2) is 5.67. The fourth-order valence-electron chi connectivity index (χ4n) is 2.23. The normalized spacial score (nSPS) is 14.9. The Balaban J connectivity index is 1.98. The van der Waals surface area contributed by atoms with E-state index in [0.29, 0.717) is 16.5 Å². The third-order valence-electron chi connectivity index (χ3n) is 3.29. The van der Waals surface area contributed by atoms with Crippen LogP contribution in [0.15, 0.2) is 40.9 Å². The van der Waals surface area contributed by atoms with Gasteiger partial charge < -0.3 is 15.8 Å². The fourth-order valence-corrected chi connectivity index (χ4v) is 2.90. The number of halogens is 2. The first kappa shape index (κ1) is 14.4. The summed E-state index contributed by atoms with van der Waals surface area (Å²) in [4.78, 5) is 11.4. The van der Waals surface area contributed by atoms with Crippen LogP contribution in [0.4, 0.5) is 5.69 Å². The van der Waals surface area contributed by atoms with E-state index >= 15 is 0 Å². The Bertz CT molecular complexity index is 721. The van der Waals surface area contributed by atoms with E-state index in [0.717, 1.165) is 15.6 Å². The van der Waals surface area contributed by atoms with Crippen LogP contribution in [-0.2, 0) is 4.79 Å². The van der Waals surface area contributed by atoms with Crippen molar-refractivity contribution in [3.05, 3.63) is 57.0 Å². The number of fused-ring (bicyclic) bond motifs is 1. The van der Waals surface area contributed by atoms with E-state index < -0.39 is 0 Å². The second-order valence-electron chi connectivity index (χ2n) is 4.74. The van der Waals surface area contributed by atoms with Gasteiger partial charge in [0.25, 0.3) is 5.91 Å². The number of anilines is 1. The predicted molar refractivity (Wildman–Crippen MR) is 85.7 cm³/mol. The monoisotopic (exact) mass is 366 g/mol. The number of hydrogen-bond donors (Lipinski definition) is 2. The van der Waals surface area contributed by atoms with Crippen molar-refractivity contribution in [2.45, 2.75) is 6.04 Å². The van der Waals surface area contributed by atoms with Crippen LogP contribution in [0.2, 0.25) is 5.02 Å². The van der Waals surface area contributed by atoms with Crippen molar-refractivity contribution in [3.63, 3.8) is 0 Å². The van der Waals surface area contributed by atoms with E-state index in [1.165, 1.54) is 0 Å². The molecule has 0 saturated heterocycles. The number of rotatable bonds is 2. The molecule has 21 heavy (non-hydrogen) atoms. The van der Waals surface area contributed by atoms with Gasteiger partial charge in [-0.25, -0.2) is 0 Å². The average molecular weight is 368 g/mol. The smallest absolute Gasteiger partial charge is 0.262 e. The van der Waals surface area contributed by atoms with Crippen molar-refractivity contribution in [2.75, 3.05) is 11.9 Å². The van der Waals surface area contributed by atoms with Gasteiger partial charge in [0.1, 0.15) is 5.75 Å². The van der Waals surface area contributed by atoms with Gasteiger partial charge >= 0.3 is 0 Å². The quantitative estimate of drug-likeness (QED) is 0.854. The van der Waals surface area contributed by atoms with Crippen LogP contribution in [0.1, 0.15) is 17.2 Å². The van der Waals surface area contributed by atoms with Crippen molar-refractivity contribution in [1.29, 1.82) is 0 Å². The van der Waals surface area contributed by atoms with Gasteiger partial charge in [-0.05, 0) is 41.5 Å². The van der Waals surface area contributed by atoms with E-state index in [1.807, 2.05) is 30.3 Å². The highest BCUT2D eigenvalue weighted by Gasteiger charge is 2.19. The summed E-state index contributed by atoms with van der Waals surface area (Å²) in [5.41, 5.74) is 8.69. The molecule has 3 N–H and O–H groups in total. The summed E-state index contributed by atoms with van der Waals surface area (Å²) < 4.78 is 6.22. The maximum absolute atomic E-state index is 11.4. The molecule has 108 valence electrons. The predicted octanol–water partition coefficient (Wildman–Crippen LogP) is 3.48. The summed E-state index contributed by atoms with van der Waals surface area (Å²) >= 11 is 9.51. The minimum absolute atomic E-state index is 0.0399. The zero-order chi connectivity index (χ0) is 15.0. The SMILES string of the molecule is NC(c1ccc2c(c1)NC(=O)CO2)c1cc(Cl)ccc1Br. The molecule has 1 amide bonds. The second-order valence-corrected chi connectivity index (χ2v) is 6.03. The van der Waals surface area contributed by atoms with Crippen LogP contribution in [-0.4, -0.2) is 12.5 Å². The van der Waals surface area contributed by atoms with Crippen LogP contribution in [0, 0.1) is 0 Å². The van der Waals surface area contributed by atoms with Crippen molar-refractivity contribution in [2.24, 2.45) is 5.73 Å². The minimum atomic E-state index is -0.359. The molecule has 0 aliphatic carbocycles. The van der Waals surface area contributed by atoms with Crippen LogP contribution in [0.3, 0.4) is 0 Å². The van der Waals surface area contributed by atoms with Crippen LogP contribution in [0.5, 0.6) is 5.75 Å². The van der Waals surface area contributed by atoms with Crippen molar-refractivity contribution < 1.29 is 9.53 Å². The Morgan fingerprint density at radius 2 is 2.10 bits per heavy atom. The summed E-state index contributed by atoms with van der Waals surface area (Å²) in [7, 11) is 0. The number of ether oxygens (including phenoxy) is 1. The van der Waals surface area contributed by atoms with Gasteiger partial charge in [-0.3, -0.25) is 4.79 Å². The Morgan fingerprint density at radius 3 is 2.90 bits per heavy atom. The molecule has 1 aliphatic heterocycles. The highest BCUT2D eigenvalue weighted by molar-refractivity contribution is 9.10. The van der Waals surface area contributed by atoms with Crippen LogP contribution in [0.25, 0.3) is 0 Å². The number of benzene rings is 2. The summed E-state index contributed by atoms with van der Waals surface area (Å²) in [5, 5.41) is 3.40. The van der Waals surface area contributed by atoms with E-state index in [1.54, 1.807) is 6.07 Å². The average Bonchev–Trinajstić information content (AvgIpc) is 2.48. The van der Waals surface area contributed by atoms with E-state index in [-0.39, 0.29) is 18.6 Å². The summed E-state index contributed by atoms with van der Waals surface area (Å²) in [5.74, 6) is 0.480. The lowest BCUT2D eigenvalue weighted by atomic mass is 9.98. The Kier molecular flexibility index (Phi) is 3.89. The van der Waals surface area contributed by atoms with Gasteiger partial charge in [-0.2, -0.15) is 0 Å². The first-order valence-electron chi connectivity index (χ1n) is 6.32. The fraction of sp³-hybridized carbons (Fsp3) is 0.133. The number of carbonyl (C=O) groups is 1. The standard InChI is InChI=1S/C15H12BrClN2O2/c16-11-3-2-9(17)6-10(11)15(18)8-1-4-13-12(5-8)19-14(20)7-21-13/h1-6,15H,7,18H2,(H,19,20). The third-order valence-corrected chi connectivity index (χ3v) is 4.25. The highest BCUT2D eigenvalue weighted by Crippen LogP contribution is 2.34. The third kappa shape index (κ3) is 2.90. The lowest BCUT2D eigenvalue weighted by Crippen LogP contribution is -2.25. The maximum Gasteiger partial charge on any atom is 0.262 e. The zero-order valence-corrected chi connectivity index (χ0v) is 13.2. The Hall–Kier alpha value is -1.56. The molecule has 1 aliphatic rings. The Labute approximate surface area is 135 Å². The van der Waals surface area contributed by atoms with E-state index in [4.69, 9.17) is 22.1 Å².